The van der Waals surface area contributed by atoms with Gasteiger partial charge in [-0.15, -0.1) is 0 Å². The molecule has 0 aromatic rings. The highest BCUT2D eigenvalue weighted by molar-refractivity contribution is 5.93. The van der Waals surface area contributed by atoms with E-state index in [1.54, 1.807) is 0 Å². The summed E-state index contributed by atoms with van der Waals surface area (Å²) < 4.78 is 11.5. The molecule has 3 saturated carbocycles. The zero-order chi connectivity index (χ0) is 28.2. The maximum absolute atomic E-state index is 14.1. The summed E-state index contributed by atoms with van der Waals surface area (Å²) >= 11 is 0. The molecule has 7 nitrogen and oxygen atoms in total. The molecule has 0 amide bonds. The van der Waals surface area contributed by atoms with Crippen molar-refractivity contribution in [1.82, 2.24) is 4.90 Å². The molecule has 0 spiro atoms. The van der Waals surface area contributed by atoms with Crippen LogP contribution >= 0.6 is 0 Å². The Kier molecular flexibility index (Phi) is 7.64. The first-order valence-electron chi connectivity index (χ1n) is 15.1. The van der Waals surface area contributed by atoms with Crippen molar-refractivity contribution in [2.24, 2.45) is 28.6 Å². The van der Waals surface area contributed by atoms with Gasteiger partial charge in [0, 0.05) is 43.1 Å². The van der Waals surface area contributed by atoms with Gasteiger partial charge in [-0.1, -0.05) is 25.8 Å². The summed E-state index contributed by atoms with van der Waals surface area (Å²) in [5.74, 6) is 0.197. The molecule has 5 aliphatic carbocycles. The minimum Gasteiger partial charge on any atom is -0.495 e. The summed E-state index contributed by atoms with van der Waals surface area (Å²) in [4.78, 5) is 40.9. The van der Waals surface area contributed by atoms with Crippen molar-refractivity contribution in [3.63, 3.8) is 0 Å². The van der Waals surface area contributed by atoms with Gasteiger partial charge in [-0.3, -0.25) is 14.4 Å². The molecule has 0 aliphatic heterocycles. The highest BCUT2D eigenvalue weighted by Crippen LogP contribution is 2.67. The predicted molar refractivity (Wildman–Crippen MR) is 148 cm³/mol. The molecule has 5 rings (SSSR count). The topological polar surface area (TPSA) is 93.1 Å². The Hall–Kier alpha value is -1.99. The largest absolute Gasteiger partial charge is 0.495 e. The number of rotatable bonds is 7. The molecule has 0 aromatic carbocycles. The van der Waals surface area contributed by atoms with Gasteiger partial charge in [-0.2, -0.15) is 0 Å². The van der Waals surface area contributed by atoms with Crippen LogP contribution < -0.4 is 0 Å². The number of nitrogens with zero attached hydrogens (tertiary/aromatic N) is 1. The number of fused-ring (bicyclic) bond motifs is 5. The lowest BCUT2D eigenvalue weighted by atomic mass is 9.46. The first-order chi connectivity index (χ1) is 18.4. The Balaban J connectivity index is 1.49. The molecule has 0 unspecified atom stereocenters. The number of hydrogen-bond acceptors (Lipinski definition) is 7. The molecule has 1 N–H and O–H groups in total. The number of hydrogen-bond donors (Lipinski definition) is 1. The lowest BCUT2D eigenvalue weighted by Gasteiger charge is -2.58. The highest BCUT2D eigenvalue weighted by atomic mass is 16.5. The van der Waals surface area contributed by atoms with Gasteiger partial charge in [-0.25, -0.2) is 0 Å². The van der Waals surface area contributed by atoms with Gasteiger partial charge in [0.2, 0.25) is 5.78 Å². The van der Waals surface area contributed by atoms with E-state index in [0.29, 0.717) is 18.9 Å². The normalized spacial score (nSPS) is 38.6. The fraction of sp³-hybridized carbons (Fsp3) is 0.781. The van der Waals surface area contributed by atoms with Crippen LogP contribution in [0.3, 0.4) is 0 Å². The molecular formula is C32H47NO6. The average molecular weight is 542 g/mol. The molecule has 0 aromatic heterocycles. The molecule has 39 heavy (non-hydrogen) atoms. The molecule has 0 saturated heterocycles. The summed E-state index contributed by atoms with van der Waals surface area (Å²) in [5.41, 5.74) is -0.167. The highest BCUT2D eigenvalue weighted by Gasteiger charge is 2.68. The molecule has 216 valence electrons. The van der Waals surface area contributed by atoms with E-state index in [1.165, 1.54) is 37.3 Å². The number of carbonyl (C=O) groups excluding carboxylic acids is 3. The maximum atomic E-state index is 14.1. The smallest absolute Gasteiger partial charge is 0.303 e. The van der Waals surface area contributed by atoms with Crippen molar-refractivity contribution in [2.75, 3.05) is 27.2 Å². The quantitative estimate of drug-likeness (QED) is 0.464. The van der Waals surface area contributed by atoms with Crippen molar-refractivity contribution in [3.05, 3.63) is 23.0 Å². The van der Waals surface area contributed by atoms with Gasteiger partial charge in [0.25, 0.3) is 0 Å². The first kappa shape index (κ1) is 28.5. The number of ketones is 2. The van der Waals surface area contributed by atoms with Crippen LogP contribution in [-0.2, 0) is 23.9 Å². The number of esters is 1. The van der Waals surface area contributed by atoms with E-state index in [1.807, 2.05) is 6.92 Å². The van der Waals surface area contributed by atoms with E-state index in [9.17, 15) is 19.5 Å². The van der Waals surface area contributed by atoms with Gasteiger partial charge < -0.3 is 19.5 Å². The minimum atomic E-state index is -1.66. The van der Waals surface area contributed by atoms with Gasteiger partial charge in [0.15, 0.2) is 6.61 Å². The van der Waals surface area contributed by atoms with Crippen molar-refractivity contribution in [2.45, 2.75) is 103 Å². The van der Waals surface area contributed by atoms with Crippen LogP contribution in [0.4, 0.5) is 0 Å². The van der Waals surface area contributed by atoms with Gasteiger partial charge in [-0.05, 0) is 88.9 Å². The number of Topliss-reactive ketones (excluding diaryl/α,β-unsaturated/α-hetero) is 2. The zero-order valence-corrected chi connectivity index (χ0v) is 24.5. The summed E-state index contributed by atoms with van der Waals surface area (Å²) in [6.45, 7) is 5.83. The van der Waals surface area contributed by atoms with E-state index in [-0.39, 0.29) is 35.4 Å². The van der Waals surface area contributed by atoms with Crippen molar-refractivity contribution in [3.8, 4) is 0 Å². The van der Waals surface area contributed by atoms with E-state index < -0.39 is 29.4 Å². The molecule has 0 heterocycles. The molecule has 0 radical (unpaired) electrons. The SMILES string of the molecule is CC(=O)OCC(=O)[C@@]1(O)CC[C@H]2[C@@H]3CC(CN(C)C)=C4C=C(OC5CCCCC5)CC[C@]4(C)[C@H]3C(=O)C[C@@]21C. The summed E-state index contributed by atoms with van der Waals surface area (Å²) in [7, 11) is 4.17. The fourth-order valence-electron chi connectivity index (χ4n) is 9.17. The number of carbonyl (C=O) groups is 3. The molecule has 6 atom stereocenters. The average Bonchev–Trinajstić information content (AvgIpc) is 3.14. The molecule has 3 fully saturated rings. The standard InChI is InChI=1S/C32H47NO6/c1-20(34)38-19-28(36)32(37)14-12-25-24-15-21(18-33(4)5)26-16-23(39-22-9-7-6-8-10-22)11-13-30(26,2)29(24)27(35)17-31(25,32)3/h16,22,24-25,29,37H,6-15,17-19H2,1-5H3/t24-,25-,29+,30-,31-,32-/m0/s1. The van der Waals surface area contributed by atoms with Crippen LogP contribution in [-0.4, -0.2) is 66.5 Å². The Morgan fingerprint density at radius 3 is 2.49 bits per heavy atom. The third-order valence-electron chi connectivity index (χ3n) is 11.0. The maximum Gasteiger partial charge on any atom is 0.303 e. The first-order valence-corrected chi connectivity index (χ1v) is 15.1. The van der Waals surface area contributed by atoms with Gasteiger partial charge in [0.05, 0.1) is 11.9 Å². The number of allylic oxidation sites excluding steroid dienone is 3. The Labute approximate surface area is 233 Å². The van der Waals surface area contributed by atoms with Crippen LogP contribution in [0.1, 0.15) is 91.4 Å². The third-order valence-corrected chi connectivity index (χ3v) is 11.0. The summed E-state index contributed by atoms with van der Waals surface area (Å²) in [6, 6.07) is 0. The molecule has 5 aliphatic rings. The molecular weight excluding hydrogens is 494 g/mol. The summed E-state index contributed by atoms with van der Waals surface area (Å²) in [5, 5.41) is 11.8. The second kappa shape index (κ2) is 10.4. The van der Waals surface area contributed by atoms with Crippen LogP contribution in [0, 0.1) is 28.6 Å². The van der Waals surface area contributed by atoms with E-state index in [4.69, 9.17) is 9.47 Å². The number of ether oxygens (including phenoxy) is 2. The van der Waals surface area contributed by atoms with Crippen molar-refractivity contribution < 1.29 is 29.0 Å². The van der Waals surface area contributed by atoms with E-state index in [2.05, 4.69) is 32.0 Å². The van der Waals surface area contributed by atoms with Crippen molar-refractivity contribution in [1.29, 1.82) is 0 Å². The van der Waals surface area contributed by atoms with Crippen LogP contribution in [0.15, 0.2) is 23.0 Å². The van der Waals surface area contributed by atoms with E-state index in [0.717, 1.165) is 44.4 Å². The van der Waals surface area contributed by atoms with Crippen LogP contribution in [0.2, 0.25) is 0 Å². The molecule has 0 bridgehead atoms. The van der Waals surface area contributed by atoms with Gasteiger partial charge in [0.1, 0.15) is 11.4 Å². The lowest BCUT2D eigenvalue weighted by Crippen LogP contribution is -2.61. The second-order valence-corrected chi connectivity index (χ2v) is 13.8. The van der Waals surface area contributed by atoms with Crippen LogP contribution in [0.5, 0.6) is 0 Å². The monoisotopic (exact) mass is 541 g/mol. The summed E-state index contributed by atoms with van der Waals surface area (Å²) in [6.07, 6.45) is 12.3. The Bertz CT molecular complexity index is 1090. The Morgan fingerprint density at radius 2 is 1.82 bits per heavy atom. The van der Waals surface area contributed by atoms with Crippen LogP contribution in [0.25, 0.3) is 0 Å². The van der Waals surface area contributed by atoms with Gasteiger partial charge >= 0.3 is 5.97 Å². The number of likely N-dealkylation sites (N-methyl/N-ethyl adjacent to an activating group) is 1. The fourth-order valence-corrected chi connectivity index (χ4v) is 9.17. The predicted octanol–water partition coefficient (Wildman–Crippen LogP) is 4.77. The minimum absolute atomic E-state index is 0.0471. The second-order valence-electron chi connectivity index (χ2n) is 13.8. The zero-order valence-electron chi connectivity index (χ0n) is 24.5. The number of aliphatic hydroxyl groups is 1. The van der Waals surface area contributed by atoms with E-state index >= 15 is 0 Å². The lowest BCUT2D eigenvalue weighted by molar-refractivity contribution is -0.172. The van der Waals surface area contributed by atoms with Crippen molar-refractivity contribution >= 4 is 17.5 Å². The Morgan fingerprint density at radius 1 is 1.10 bits per heavy atom. The third kappa shape index (κ3) is 4.81. The molecule has 7 heteroatoms.